The molecule has 72 valence electrons. The van der Waals surface area contributed by atoms with Gasteiger partial charge >= 0.3 is 0 Å². The fraction of sp³-hybridized carbons (Fsp3) is 0.200. The summed E-state index contributed by atoms with van der Waals surface area (Å²) < 4.78 is 1.55. The quantitative estimate of drug-likeness (QED) is 0.702. The molecule has 1 aromatic heterocycles. The van der Waals surface area contributed by atoms with Gasteiger partial charge in [0.2, 0.25) is 5.88 Å². The van der Waals surface area contributed by atoms with Crippen molar-refractivity contribution >= 4 is 16.6 Å². The molecule has 1 heterocycles. The Hall–Kier alpha value is -1.84. The molecule has 2 rings (SSSR count). The Bertz CT molecular complexity index is 514. The van der Waals surface area contributed by atoms with Gasteiger partial charge in [-0.05, 0) is 23.7 Å². The van der Waals surface area contributed by atoms with Crippen LogP contribution in [0.25, 0.3) is 10.9 Å². The fourth-order valence-corrected chi connectivity index (χ4v) is 1.71. The smallest absolute Gasteiger partial charge is 0.222 e. The molecular formula is C10H10N2O2. The van der Waals surface area contributed by atoms with Crippen LogP contribution in [0.1, 0.15) is 5.56 Å². The first-order valence-corrected chi connectivity index (χ1v) is 4.27. The molecule has 2 aromatic rings. The summed E-state index contributed by atoms with van der Waals surface area (Å²) in [5.74, 6) is -0.0794. The summed E-state index contributed by atoms with van der Waals surface area (Å²) >= 11 is 0. The van der Waals surface area contributed by atoms with Gasteiger partial charge in [0.15, 0.2) is 5.69 Å². The highest BCUT2D eigenvalue weighted by molar-refractivity contribution is 5.97. The molecule has 0 atom stereocenters. The third-order valence-electron chi connectivity index (χ3n) is 2.47. The summed E-state index contributed by atoms with van der Waals surface area (Å²) in [6.45, 7) is 1.89. The normalized spacial score (nSPS) is 10.7. The Morgan fingerprint density at radius 2 is 2.14 bits per heavy atom. The van der Waals surface area contributed by atoms with Crippen molar-refractivity contribution in [3.63, 3.8) is 0 Å². The summed E-state index contributed by atoms with van der Waals surface area (Å²) in [7, 11) is 1.70. The van der Waals surface area contributed by atoms with E-state index in [-0.39, 0.29) is 11.6 Å². The van der Waals surface area contributed by atoms with Gasteiger partial charge in [-0.1, -0.05) is 12.1 Å². The van der Waals surface area contributed by atoms with Crippen molar-refractivity contribution in [2.45, 2.75) is 6.92 Å². The number of nitroso groups, excluding NO2 is 1. The Labute approximate surface area is 80.8 Å². The lowest BCUT2D eigenvalue weighted by Crippen LogP contribution is -1.85. The molecule has 0 amide bonds. The number of aromatic hydroxyl groups is 1. The minimum absolute atomic E-state index is 0.0794. The van der Waals surface area contributed by atoms with Crippen LogP contribution in [-0.4, -0.2) is 9.67 Å². The van der Waals surface area contributed by atoms with Gasteiger partial charge in [0.05, 0.1) is 5.52 Å². The Morgan fingerprint density at radius 1 is 1.43 bits per heavy atom. The fourth-order valence-electron chi connectivity index (χ4n) is 1.71. The number of aryl methyl sites for hydroxylation is 2. The summed E-state index contributed by atoms with van der Waals surface area (Å²) in [4.78, 5) is 10.6. The van der Waals surface area contributed by atoms with E-state index in [1.165, 1.54) is 0 Å². The standard InChI is InChI=1S/C10H10N2O2/c1-6-4-3-5-7-8(6)9(11-14)10(13)12(7)2/h3-5,13H,1-2H3. The molecule has 4 nitrogen and oxygen atoms in total. The molecule has 0 spiro atoms. The van der Waals surface area contributed by atoms with Gasteiger partial charge in [-0.2, -0.15) is 0 Å². The van der Waals surface area contributed by atoms with Gasteiger partial charge in [-0.15, -0.1) is 4.91 Å². The first-order valence-electron chi connectivity index (χ1n) is 4.27. The van der Waals surface area contributed by atoms with Gasteiger partial charge in [0.1, 0.15) is 0 Å². The lowest BCUT2D eigenvalue weighted by molar-refractivity contribution is 0.437. The molecule has 0 fully saturated rings. The van der Waals surface area contributed by atoms with Gasteiger partial charge in [-0.3, -0.25) is 0 Å². The van der Waals surface area contributed by atoms with Crippen molar-refractivity contribution in [1.82, 2.24) is 4.57 Å². The zero-order valence-electron chi connectivity index (χ0n) is 7.98. The zero-order chi connectivity index (χ0) is 10.3. The monoisotopic (exact) mass is 190 g/mol. The van der Waals surface area contributed by atoms with Crippen LogP contribution >= 0.6 is 0 Å². The van der Waals surface area contributed by atoms with Crippen molar-refractivity contribution in [3.05, 3.63) is 28.7 Å². The number of nitrogens with zero attached hydrogens (tertiary/aromatic N) is 2. The SMILES string of the molecule is Cc1cccc2c1c(N=O)c(O)n2C. The van der Waals surface area contributed by atoms with Gasteiger partial charge in [-0.25, -0.2) is 0 Å². The lowest BCUT2D eigenvalue weighted by atomic mass is 10.1. The maximum absolute atomic E-state index is 10.6. The Balaban J connectivity index is 3.03. The number of hydrogen-bond acceptors (Lipinski definition) is 3. The van der Waals surface area contributed by atoms with E-state index in [2.05, 4.69) is 5.18 Å². The molecule has 0 aliphatic heterocycles. The van der Waals surface area contributed by atoms with E-state index in [1.54, 1.807) is 11.6 Å². The average molecular weight is 190 g/mol. The number of benzene rings is 1. The minimum Gasteiger partial charge on any atom is -0.493 e. The van der Waals surface area contributed by atoms with Crippen LogP contribution < -0.4 is 0 Å². The van der Waals surface area contributed by atoms with Crippen molar-refractivity contribution < 1.29 is 5.11 Å². The van der Waals surface area contributed by atoms with Crippen molar-refractivity contribution in [2.75, 3.05) is 0 Å². The molecule has 0 unspecified atom stereocenters. The van der Waals surface area contributed by atoms with Crippen molar-refractivity contribution in [2.24, 2.45) is 12.2 Å². The number of rotatable bonds is 1. The molecule has 1 aromatic carbocycles. The first kappa shape index (κ1) is 8.74. The van der Waals surface area contributed by atoms with E-state index < -0.39 is 0 Å². The molecule has 1 N–H and O–H groups in total. The molecule has 0 radical (unpaired) electrons. The summed E-state index contributed by atoms with van der Waals surface area (Å²) in [5.41, 5.74) is 1.88. The van der Waals surface area contributed by atoms with Gasteiger partial charge < -0.3 is 9.67 Å². The predicted molar refractivity (Wildman–Crippen MR) is 54.8 cm³/mol. The van der Waals surface area contributed by atoms with Crippen LogP contribution in [0.2, 0.25) is 0 Å². The second kappa shape index (κ2) is 2.83. The third kappa shape index (κ3) is 0.937. The molecular weight excluding hydrogens is 180 g/mol. The molecule has 14 heavy (non-hydrogen) atoms. The molecule has 4 heteroatoms. The summed E-state index contributed by atoms with van der Waals surface area (Å²) in [5, 5.41) is 13.2. The highest BCUT2D eigenvalue weighted by atomic mass is 16.3. The summed E-state index contributed by atoms with van der Waals surface area (Å²) in [6.07, 6.45) is 0. The van der Waals surface area contributed by atoms with Gasteiger partial charge in [0.25, 0.3) is 0 Å². The predicted octanol–water partition coefficient (Wildman–Crippen LogP) is 2.59. The maximum Gasteiger partial charge on any atom is 0.222 e. The molecule has 0 bridgehead atoms. The number of aromatic nitrogens is 1. The van der Waals surface area contributed by atoms with E-state index in [0.717, 1.165) is 16.5 Å². The number of hydrogen-bond donors (Lipinski definition) is 1. The summed E-state index contributed by atoms with van der Waals surface area (Å²) in [6, 6.07) is 5.61. The van der Waals surface area contributed by atoms with Crippen LogP contribution in [0, 0.1) is 11.8 Å². The third-order valence-corrected chi connectivity index (χ3v) is 2.47. The lowest BCUT2D eigenvalue weighted by Gasteiger charge is -1.97. The first-order chi connectivity index (χ1) is 6.66. The van der Waals surface area contributed by atoms with Crippen LogP contribution in [-0.2, 0) is 7.05 Å². The van der Waals surface area contributed by atoms with E-state index in [4.69, 9.17) is 0 Å². The van der Waals surface area contributed by atoms with E-state index in [1.807, 2.05) is 25.1 Å². The largest absolute Gasteiger partial charge is 0.493 e. The minimum atomic E-state index is -0.0794. The van der Waals surface area contributed by atoms with Crippen LogP contribution in [0.4, 0.5) is 5.69 Å². The molecule has 0 saturated heterocycles. The second-order valence-electron chi connectivity index (χ2n) is 3.29. The van der Waals surface area contributed by atoms with Gasteiger partial charge in [0, 0.05) is 12.4 Å². The van der Waals surface area contributed by atoms with Crippen molar-refractivity contribution in [3.8, 4) is 5.88 Å². The molecule has 0 aliphatic carbocycles. The zero-order valence-corrected chi connectivity index (χ0v) is 7.98. The van der Waals surface area contributed by atoms with E-state index in [0.29, 0.717) is 0 Å². The Kier molecular flexibility index (Phi) is 1.77. The van der Waals surface area contributed by atoms with Crippen LogP contribution in [0.5, 0.6) is 5.88 Å². The average Bonchev–Trinajstić information content (AvgIpc) is 2.43. The highest BCUT2D eigenvalue weighted by Crippen LogP contribution is 2.38. The highest BCUT2D eigenvalue weighted by Gasteiger charge is 2.16. The second-order valence-corrected chi connectivity index (χ2v) is 3.29. The Morgan fingerprint density at radius 3 is 2.79 bits per heavy atom. The van der Waals surface area contributed by atoms with Crippen LogP contribution in [0.3, 0.4) is 0 Å². The van der Waals surface area contributed by atoms with E-state index >= 15 is 0 Å². The topological polar surface area (TPSA) is 54.6 Å². The molecule has 0 saturated carbocycles. The van der Waals surface area contributed by atoms with Crippen LogP contribution in [0.15, 0.2) is 23.4 Å². The number of fused-ring (bicyclic) bond motifs is 1. The van der Waals surface area contributed by atoms with E-state index in [9.17, 15) is 10.0 Å². The van der Waals surface area contributed by atoms with Crippen molar-refractivity contribution in [1.29, 1.82) is 0 Å². The maximum atomic E-state index is 10.6. The molecule has 0 aliphatic rings.